The molecule has 48 heavy (non-hydrogen) atoms. The SMILES string of the molecule is CCC(C(=O)NC)[C@H]1C[C@H](c2ccc(OC)cc2)[C@@H](OCc2ccc3c(c2)N(CCCOC)CCO3)CN1S(=O)(=O)c1ccc(C)cc1. The zero-order valence-electron chi connectivity index (χ0n) is 28.7. The summed E-state index contributed by atoms with van der Waals surface area (Å²) in [6, 6.07) is 20.2. The normalized spacial score (nSPS) is 20.4. The number of hydrogen-bond donors (Lipinski definition) is 1. The van der Waals surface area contributed by atoms with Crippen LogP contribution in [0.2, 0.25) is 0 Å². The first-order valence-corrected chi connectivity index (χ1v) is 18.2. The number of fused-ring (bicyclic) bond motifs is 1. The lowest BCUT2D eigenvalue weighted by molar-refractivity contribution is -0.127. The molecule has 1 saturated heterocycles. The van der Waals surface area contributed by atoms with E-state index in [2.05, 4.69) is 16.3 Å². The van der Waals surface area contributed by atoms with Crippen LogP contribution < -0.4 is 19.7 Å². The van der Waals surface area contributed by atoms with Crippen LogP contribution in [0.15, 0.2) is 71.6 Å². The Hall–Kier alpha value is -3.64. The molecule has 1 fully saturated rings. The van der Waals surface area contributed by atoms with Crippen molar-refractivity contribution in [2.24, 2.45) is 5.92 Å². The number of carbonyl (C=O) groups excluding carboxylic acids is 1. The summed E-state index contributed by atoms with van der Waals surface area (Å²) >= 11 is 0. The number of aryl methyl sites for hydroxylation is 1. The summed E-state index contributed by atoms with van der Waals surface area (Å²) in [5.74, 6) is 0.688. The van der Waals surface area contributed by atoms with Gasteiger partial charge in [-0.1, -0.05) is 42.8 Å². The number of hydrogen-bond acceptors (Lipinski definition) is 8. The van der Waals surface area contributed by atoms with Gasteiger partial charge in [-0.15, -0.1) is 0 Å². The molecule has 10 nitrogen and oxygen atoms in total. The lowest BCUT2D eigenvalue weighted by Crippen LogP contribution is -2.56. The lowest BCUT2D eigenvalue weighted by atomic mass is 9.79. The first-order valence-electron chi connectivity index (χ1n) is 16.7. The molecule has 1 unspecified atom stereocenters. The standard InChI is InChI=1S/C37H49N3O7S/c1-6-31(37(41)38-3)33-23-32(28-11-13-29(45-5)14-12-28)36(24-40(33)48(42,43)30-15-8-26(2)9-16-30)47-25-27-10-17-35-34(22-27)39(19-21-46-35)18-7-20-44-4/h8-17,22,31-33,36H,6-7,18-21,23-25H2,1-5H3,(H,38,41)/t31?,32-,33-,36+/m1/s1. The molecule has 0 aromatic heterocycles. The van der Waals surface area contributed by atoms with Crippen molar-refractivity contribution in [1.82, 2.24) is 9.62 Å². The molecule has 0 saturated carbocycles. The predicted octanol–water partition coefficient (Wildman–Crippen LogP) is 5.14. The Morgan fingerprint density at radius 3 is 2.48 bits per heavy atom. The van der Waals surface area contributed by atoms with E-state index in [1.165, 1.54) is 4.31 Å². The van der Waals surface area contributed by atoms with Crippen LogP contribution in [-0.2, 0) is 30.9 Å². The highest BCUT2D eigenvalue weighted by Gasteiger charge is 2.47. The third kappa shape index (κ3) is 7.97. The molecule has 0 spiro atoms. The van der Waals surface area contributed by atoms with E-state index >= 15 is 0 Å². The van der Waals surface area contributed by atoms with Crippen LogP contribution in [0.4, 0.5) is 5.69 Å². The Morgan fingerprint density at radius 2 is 1.81 bits per heavy atom. The molecule has 0 radical (unpaired) electrons. The van der Waals surface area contributed by atoms with Crippen LogP contribution in [0.25, 0.3) is 0 Å². The predicted molar refractivity (Wildman–Crippen MR) is 186 cm³/mol. The maximum Gasteiger partial charge on any atom is 0.243 e. The molecule has 2 heterocycles. The van der Waals surface area contributed by atoms with Crippen LogP contribution in [0.1, 0.15) is 48.8 Å². The second-order valence-electron chi connectivity index (χ2n) is 12.5. The molecule has 1 amide bonds. The summed E-state index contributed by atoms with van der Waals surface area (Å²) in [5, 5.41) is 2.78. The van der Waals surface area contributed by atoms with E-state index in [9.17, 15) is 13.2 Å². The molecule has 4 atom stereocenters. The first kappa shape index (κ1) is 35.7. The third-order valence-electron chi connectivity index (χ3n) is 9.56. The van der Waals surface area contributed by atoms with E-state index in [-0.39, 0.29) is 29.9 Å². The topological polar surface area (TPSA) is 107 Å². The smallest absolute Gasteiger partial charge is 0.243 e. The highest BCUT2D eigenvalue weighted by molar-refractivity contribution is 7.89. The molecule has 11 heteroatoms. The molecule has 0 aliphatic carbocycles. The number of nitrogens with one attached hydrogen (secondary N) is 1. The highest BCUT2D eigenvalue weighted by Crippen LogP contribution is 2.41. The number of nitrogens with zero attached hydrogens (tertiary/aromatic N) is 2. The summed E-state index contributed by atoms with van der Waals surface area (Å²) < 4.78 is 53.7. The fraction of sp³-hybridized carbons (Fsp3) is 0.486. The Bertz CT molecular complexity index is 1610. The number of piperidine rings is 1. The van der Waals surface area contributed by atoms with Gasteiger partial charge in [-0.3, -0.25) is 4.79 Å². The second-order valence-corrected chi connectivity index (χ2v) is 14.4. The second kappa shape index (κ2) is 16.2. The van der Waals surface area contributed by atoms with Gasteiger partial charge in [0.1, 0.15) is 18.1 Å². The quantitative estimate of drug-likeness (QED) is 0.234. The highest BCUT2D eigenvalue weighted by atomic mass is 32.2. The van der Waals surface area contributed by atoms with E-state index in [1.54, 1.807) is 45.5 Å². The average molecular weight is 680 g/mol. The Kier molecular flexibility index (Phi) is 12.0. The number of rotatable bonds is 14. The minimum atomic E-state index is -3.97. The molecular formula is C37H49N3O7S. The molecule has 5 rings (SSSR count). The lowest BCUT2D eigenvalue weighted by Gasteiger charge is -2.45. The van der Waals surface area contributed by atoms with E-state index in [0.717, 1.165) is 53.4 Å². The monoisotopic (exact) mass is 679 g/mol. The fourth-order valence-electron chi connectivity index (χ4n) is 6.89. The number of methoxy groups -OCH3 is 2. The van der Waals surface area contributed by atoms with Crippen molar-refractivity contribution >= 4 is 21.6 Å². The minimum Gasteiger partial charge on any atom is -0.497 e. The number of ether oxygens (including phenoxy) is 4. The van der Waals surface area contributed by atoms with Crippen LogP contribution in [0, 0.1) is 12.8 Å². The van der Waals surface area contributed by atoms with Crippen LogP contribution >= 0.6 is 0 Å². The fourth-order valence-corrected chi connectivity index (χ4v) is 8.57. The molecule has 3 aromatic rings. The van der Waals surface area contributed by atoms with E-state index in [0.29, 0.717) is 26.1 Å². The number of anilines is 1. The van der Waals surface area contributed by atoms with Crippen molar-refractivity contribution in [1.29, 1.82) is 0 Å². The Morgan fingerprint density at radius 1 is 1.06 bits per heavy atom. The molecule has 2 aliphatic heterocycles. The van der Waals surface area contributed by atoms with Crippen molar-refractivity contribution in [2.75, 3.05) is 59.0 Å². The minimum absolute atomic E-state index is 0.0995. The maximum atomic E-state index is 14.4. The van der Waals surface area contributed by atoms with Gasteiger partial charge in [0.15, 0.2) is 0 Å². The summed E-state index contributed by atoms with van der Waals surface area (Å²) in [6.45, 7) is 7.20. The number of amides is 1. The molecule has 1 N–H and O–H groups in total. The van der Waals surface area contributed by atoms with Crippen molar-refractivity contribution in [2.45, 2.75) is 62.7 Å². The van der Waals surface area contributed by atoms with Gasteiger partial charge in [-0.2, -0.15) is 4.31 Å². The Balaban J connectivity index is 1.49. The summed E-state index contributed by atoms with van der Waals surface area (Å²) in [5.41, 5.74) is 3.97. The van der Waals surface area contributed by atoms with Gasteiger partial charge < -0.3 is 29.2 Å². The number of sulfonamides is 1. The first-order chi connectivity index (χ1) is 23.2. The van der Waals surface area contributed by atoms with E-state index < -0.39 is 28.1 Å². The van der Waals surface area contributed by atoms with E-state index in [1.807, 2.05) is 50.2 Å². The van der Waals surface area contributed by atoms with Gasteiger partial charge in [-0.05, 0) is 73.7 Å². The molecule has 2 aliphatic rings. The van der Waals surface area contributed by atoms with Gasteiger partial charge >= 0.3 is 0 Å². The summed E-state index contributed by atoms with van der Waals surface area (Å²) in [7, 11) is 0.971. The number of benzene rings is 3. The van der Waals surface area contributed by atoms with Gasteiger partial charge in [0, 0.05) is 45.8 Å². The van der Waals surface area contributed by atoms with Gasteiger partial charge in [0.2, 0.25) is 15.9 Å². The van der Waals surface area contributed by atoms with Gasteiger partial charge in [0.05, 0.1) is 42.9 Å². The summed E-state index contributed by atoms with van der Waals surface area (Å²) in [4.78, 5) is 15.8. The van der Waals surface area contributed by atoms with Gasteiger partial charge in [-0.25, -0.2) is 8.42 Å². The number of carbonyl (C=O) groups is 1. The molecule has 260 valence electrons. The molecular weight excluding hydrogens is 630 g/mol. The van der Waals surface area contributed by atoms with Crippen molar-refractivity contribution < 1.29 is 32.2 Å². The zero-order chi connectivity index (χ0) is 34.3. The van der Waals surface area contributed by atoms with Crippen molar-refractivity contribution in [3.8, 4) is 11.5 Å². The zero-order valence-corrected chi connectivity index (χ0v) is 29.5. The molecule has 3 aromatic carbocycles. The maximum absolute atomic E-state index is 14.4. The summed E-state index contributed by atoms with van der Waals surface area (Å²) in [6.07, 6.45) is 1.33. The van der Waals surface area contributed by atoms with Crippen molar-refractivity contribution in [3.63, 3.8) is 0 Å². The Labute approximate surface area is 285 Å². The molecule has 0 bridgehead atoms. The third-order valence-corrected chi connectivity index (χ3v) is 11.5. The largest absolute Gasteiger partial charge is 0.497 e. The van der Waals surface area contributed by atoms with Gasteiger partial charge in [0.25, 0.3) is 0 Å². The van der Waals surface area contributed by atoms with E-state index in [4.69, 9.17) is 18.9 Å². The van der Waals surface area contributed by atoms with Crippen LogP contribution in [0.3, 0.4) is 0 Å². The van der Waals surface area contributed by atoms with Crippen LogP contribution in [0.5, 0.6) is 11.5 Å². The average Bonchev–Trinajstić information content (AvgIpc) is 3.11. The van der Waals surface area contributed by atoms with Crippen LogP contribution in [-0.4, -0.2) is 84.9 Å². The van der Waals surface area contributed by atoms with Crippen molar-refractivity contribution in [3.05, 3.63) is 83.4 Å².